The van der Waals surface area contributed by atoms with Gasteiger partial charge < -0.3 is 10.2 Å². The predicted octanol–water partition coefficient (Wildman–Crippen LogP) is 12.5. The van der Waals surface area contributed by atoms with E-state index < -0.39 is 0 Å². The van der Waals surface area contributed by atoms with Gasteiger partial charge in [0.25, 0.3) is 0 Å². The van der Waals surface area contributed by atoms with Crippen LogP contribution < -0.4 is 10.2 Å². The number of fused-ring (bicyclic) bond motifs is 4. The number of aryl methyl sites for hydroxylation is 1. The molecule has 2 aliphatic carbocycles. The van der Waals surface area contributed by atoms with Crippen LogP contribution in [0.2, 0.25) is 0 Å². The Morgan fingerprint density at radius 2 is 1.52 bits per heavy atom. The number of nitrogens with one attached hydrogen (secondary N) is 1. The van der Waals surface area contributed by atoms with Gasteiger partial charge >= 0.3 is 0 Å². The summed E-state index contributed by atoms with van der Waals surface area (Å²) >= 11 is 1.91. The first-order valence-electron chi connectivity index (χ1n) is 16.2. The number of benzene rings is 5. The van der Waals surface area contributed by atoms with Crippen molar-refractivity contribution in [3.8, 4) is 11.1 Å². The summed E-state index contributed by atoms with van der Waals surface area (Å²) < 4.78 is 1.36. The molecule has 0 aliphatic heterocycles. The van der Waals surface area contributed by atoms with Gasteiger partial charge in [0.05, 0.1) is 5.69 Å². The zero-order valence-corrected chi connectivity index (χ0v) is 26.8. The lowest BCUT2D eigenvalue weighted by Crippen LogP contribution is -2.10. The Morgan fingerprint density at radius 3 is 2.37 bits per heavy atom. The van der Waals surface area contributed by atoms with Gasteiger partial charge in [0.1, 0.15) is 0 Å². The number of anilines is 4. The first kappa shape index (κ1) is 28.4. The molecule has 224 valence electrons. The lowest BCUT2D eigenvalue weighted by atomic mass is 9.90. The Bertz CT molecular complexity index is 2140. The van der Waals surface area contributed by atoms with E-state index in [1.54, 1.807) is 0 Å². The molecule has 3 heteroatoms. The third kappa shape index (κ3) is 5.48. The second-order valence-corrected chi connectivity index (χ2v) is 13.3. The molecule has 0 saturated carbocycles. The fourth-order valence-electron chi connectivity index (χ4n) is 6.73. The molecule has 46 heavy (non-hydrogen) atoms. The lowest BCUT2D eigenvalue weighted by molar-refractivity contribution is 0.605. The van der Waals surface area contributed by atoms with E-state index in [0.717, 1.165) is 24.2 Å². The summed E-state index contributed by atoms with van der Waals surface area (Å²) in [5, 5.41) is 7.31. The van der Waals surface area contributed by atoms with Crippen LogP contribution in [-0.4, -0.2) is 0 Å². The van der Waals surface area contributed by atoms with E-state index in [4.69, 9.17) is 0 Å². The topological polar surface area (TPSA) is 15.3 Å². The molecule has 6 aromatic rings. The Labute approximate surface area is 275 Å². The summed E-state index contributed by atoms with van der Waals surface area (Å²) in [6.07, 6.45) is 19.9. The van der Waals surface area contributed by atoms with Crippen LogP contribution in [0.5, 0.6) is 0 Å². The third-order valence-electron chi connectivity index (χ3n) is 9.28. The van der Waals surface area contributed by atoms with Crippen molar-refractivity contribution >= 4 is 61.0 Å². The van der Waals surface area contributed by atoms with Crippen LogP contribution in [0.3, 0.4) is 0 Å². The number of hydrogen-bond donors (Lipinski definition) is 1. The van der Waals surface area contributed by atoms with Crippen LogP contribution in [0, 0.1) is 11.8 Å². The van der Waals surface area contributed by atoms with Gasteiger partial charge in [-0.15, -0.1) is 11.3 Å². The molecule has 1 aromatic heterocycles. The number of hydrogen-bond acceptors (Lipinski definition) is 3. The molecular formula is C43H36N2S. The maximum atomic E-state index is 3.45. The SMILES string of the molecule is CC1C=CC=CC1/C=C\Nc1ccc(-c2ccc(N(c3ccc4sc5c(c4c3)CCC=C5)c3cccc4ccccc34)cc2)cc1. The van der Waals surface area contributed by atoms with Crippen molar-refractivity contribution in [1.29, 1.82) is 0 Å². The van der Waals surface area contributed by atoms with Gasteiger partial charge in [-0.05, 0) is 107 Å². The monoisotopic (exact) mass is 612 g/mol. The average molecular weight is 613 g/mol. The van der Waals surface area contributed by atoms with Gasteiger partial charge in [-0.2, -0.15) is 0 Å². The quantitative estimate of drug-likeness (QED) is 0.193. The molecule has 1 N–H and O–H groups in total. The van der Waals surface area contributed by atoms with Crippen molar-refractivity contribution < 1.29 is 0 Å². The standard InChI is InChI=1S/C43H36N2S/c1-30-9-2-3-10-31(30)27-28-44-35-21-17-32(18-22-35)33-19-23-36(24-20-33)45(41-15-8-12-34-11-4-5-13-38(34)41)37-25-26-43-40(29-37)39-14-6-7-16-42(39)46-43/h2-5,7-13,15-31,44H,6,14H2,1H3/b28-27-. The largest absolute Gasteiger partial charge is 0.362 e. The number of rotatable bonds is 7. The van der Waals surface area contributed by atoms with Gasteiger partial charge in [-0.1, -0.05) is 104 Å². The molecule has 2 aliphatic rings. The second-order valence-electron chi connectivity index (χ2n) is 12.2. The first-order chi connectivity index (χ1) is 22.7. The smallest absolute Gasteiger partial charge is 0.0540 e. The molecule has 0 spiro atoms. The summed E-state index contributed by atoms with van der Waals surface area (Å²) in [5.41, 5.74) is 8.49. The fraction of sp³-hybridized carbons (Fsp3) is 0.116. The molecule has 5 aromatic carbocycles. The summed E-state index contributed by atoms with van der Waals surface area (Å²) in [6.45, 7) is 2.25. The minimum atomic E-state index is 0.429. The van der Waals surface area contributed by atoms with E-state index >= 15 is 0 Å². The van der Waals surface area contributed by atoms with Gasteiger partial charge in [-0.3, -0.25) is 0 Å². The van der Waals surface area contributed by atoms with Gasteiger partial charge in [-0.25, -0.2) is 0 Å². The highest BCUT2D eigenvalue weighted by atomic mass is 32.1. The molecule has 1 heterocycles. The zero-order valence-electron chi connectivity index (χ0n) is 25.9. The van der Waals surface area contributed by atoms with Gasteiger partial charge in [0, 0.05) is 37.9 Å². The number of allylic oxidation sites excluding steroid dienone is 6. The van der Waals surface area contributed by atoms with Crippen molar-refractivity contribution in [2.45, 2.75) is 19.8 Å². The Hall–Kier alpha value is -5.12. The molecule has 0 amide bonds. The van der Waals surface area contributed by atoms with Gasteiger partial charge in [0.2, 0.25) is 0 Å². The first-order valence-corrected chi connectivity index (χ1v) is 17.0. The van der Waals surface area contributed by atoms with E-state index in [1.165, 1.54) is 53.8 Å². The van der Waals surface area contributed by atoms with E-state index in [-0.39, 0.29) is 0 Å². The molecule has 0 saturated heterocycles. The van der Waals surface area contributed by atoms with E-state index in [9.17, 15) is 0 Å². The van der Waals surface area contributed by atoms with Crippen molar-refractivity contribution in [1.82, 2.24) is 0 Å². The fourth-order valence-corrected chi connectivity index (χ4v) is 7.89. The predicted molar refractivity (Wildman–Crippen MR) is 201 cm³/mol. The van der Waals surface area contributed by atoms with Crippen LogP contribution in [0.4, 0.5) is 22.7 Å². The highest BCUT2D eigenvalue weighted by molar-refractivity contribution is 7.20. The Balaban J connectivity index is 1.11. The summed E-state index contributed by atoms with van der Waals surface area (Å²) in [5.74, 6) is 0.949. The molecule has 0 fully saturated rings. The highest BCUT2D eigenvalue weighted by Gasteiger charge is 2.19. The van der Waals surface area contributed by atoms with Crippen molar-refractivity contribution in [3.05, 3.63) is 162 Å². The highest BCUT2D eigenvalue weighted by Crippen LogP contribution is 2.43. The summed E-state index contributed by atoms with van der Waals surface area (Å²) in [7, 11) is 0. The summed E-state index contributed by atoms with van der Waals surface area (Å²) in [6, 6.07) is 40.0. The van der Waals surface area contributed by atoms with Crippen molar-refractivity contribution in [2.75, 3.05) is 10.2 Å². The normalized spacial score (nSPS) is 17.2. The molecule has 2 nitrogen and oxygen atoms in total. The van der Waals surface area contributed by atoms with E-state index in [0.29, 0.717) is 11.8 Å². The average Bonchev–Trinajstić information content (AvgIpc) is 3.48. The zero-order chi connectivity index (χ0) is 30.9. The third-order valence-corrected chi connectivity index (χ3v) is 10.5. The van der Waals surface area contributed by atoms with Gasteiger partial charge in [0.15, 0.2) is 0 Å². The van der Waals surface area contributed by atoms with Crippen LogP contribution >= 0.6 is 11.3 Å². The lowest BCUT2D eigenvalue weighted by Gasteiger charge is -2.27. The molecule has 0 bridgehead atoms. The minimum absolute atomic E-state index is 0.429. The molecule has 8 rings (SSSR count). The summed E-state index contributed by atoms with van der Waals surface area (Å²) in [4.78, 5) is 3.83. The molecule has 2 atom stereocenters. The Kier molecular flexibility index (Phi) is 7.61. The maximum Gasteiger partial charge on any atom is 0.0540 e. The molecular weight excluding hydrogens is 577 g/mol. The van der Waals surface area contributed by atoms with E-state index in [2.05, 4.69) is 175 Å². The maximum absolute atomic E-state index is 3.45. The van der Waals surface area contributed by atoms with Crippen LogP contribution in [-0.2, 0) is 6.42 Å². The molecule has 2 unspecified atom stereocenters. The van der Waals surface area contributed by atoms with Crippen LogP contribution in [0.15, 0.2) is 152 Å². The second kappa shape index (κ2) is 12.3. The molecule has 0 radical (unpaired) electrons. The number of thiophene rings is 1. The van der Waals surface area contributed by atoms with Crippen molar-refractivity contribution in [2.24, 2.45) is 11.8 Å². The minimum Gasteiger partial charge on any atom is -0.362 e. The van der Waals surface area contributed by atoms with Crippen molar-refractivity contribution in [3.63, 3.8) is 0 Å². The van der Waals surface area contributed by atoms with Crippen LogP contribution in [0.1, 0.15) is 23.8 Å². The Morgan fingerprint density at radius 1 is 0.761 bits per heavy atom. The number of nitrogens with zero attached hydrogens (tertiary/aromatic N) is 1. The van der Waals surface area contributed by atoms with E-state index in [1.807, 2.05) is 11.3 Å². The van der Waals surface area contributed by atoms with Crippen LogP contribution in [0.25, 0.3) is 38.1 Å².